The normalized spacial score (nSPS) is 10.5. The molecule has 7 heteroatoms. The number of carbonyl (C=O) groups excluding carboxylic acids is 1. The summed E-state index contributed by atoms with van der Waals surface area (Å²) in [4.78, 5) is 20.3. The molecule has 0 unspecified atom stereocenters. The zero-order chi connectivity index (χ0) is 13.2. The molecule has 0 fully saturated rings. The van der Waals surface area contributed by atoms with Crippen LogP contribution in [0.1, 0.15) is 10.4 Å². The Morgan fingerprint density at radius 3 is 2.74 bits per heavy atom. The van der Waals surface area contributed by atoms with E-state index < -0.39 is 0 Å². The smallest absolute Gasteiger partial charge is 0.256 e. The molecule has 0 aliphatic rings. The second-order valence-corrected chi connectivity index (χ2v) is 3.91. The van der Waals surface area contributed by atoms with Crippen LogP contribution in [0.4, 0.5) is 11.5 Å². The largest absolute Gasteiger partial charge is 0.394 e. The van der Waals surface area contributed by atoms with Gasteiger partial charge in [-0.05, 0) is 18.2 Å². The van der Waals surface area contributed by atoms with E-state index in [-0.39, 0.29) is 5.91 Å². The first kappa shape index (κ1) is 11.1. The van der Waals surface area contributed by atoms with E-state index in [1.165, 1.54) is 6.20 Å². The molecule has 0 atom stereocenters. The van der Waals surface area contributed by atoms with Crippen LogP contribution >= 0.6 is 0 Å². The van der Waals surface area contributed by atoms with Gasteiger partial charge in [-0.3, -0.25) is 19.9 Å². The number of aromatic nitrogens is 4. The standard InChI is InChI=1S/C12H10N6O/c13-8-6-16-18-11(8)17-12(19)7-1-2-9-10(5-7)15-4-3-14-9/h1-6H,13H2,(H2,16,17,18,19). The first-order chi connectivity index (χ1) is 9.24. The Morgan fingerprint density at radius 2 is 2.00 bits per heavy atom. The Balaban J connectivity index is 1.91. The van der Waals surface area contributed by atoms with Crippen molar-refractivity contribution in [3.8, 4) is 0 Å². The lowest BCUT2D eigenvalue weighted by atomic mass is 10.2. The molecule has 3 aromatic rings. The van der Waals surface area contributed by atoms with E-state index in [1.807, 2.05) is 0 Å². The van der Waals surface area contributed by atoms with E-state index in [0.29, 0.717) is 22.6 Å². The molecule has 0 saturated heterocycles. The van der Waals surface area contributed by atoms with Crippen molar-refractivity contribution in [3.63, 3.8) is 0 Å². The highest BCUT2D eigenvalue weighted by Gasteiger charge is 2.10. The molecule has 94 valence electrons. The van der Waals surface area contributed by atoms with Crippen LogP contribution in [0.15, 0.2) is 36.8 Å². The van der Waals surface area contributed by atoms with Crippen molar-refractivity contribution >= 4 is 28.4 Å². The molecule has 1 aromatic carbocycles. The summed E-state index contributed by atoms with van der Waals surface area (Å²) in [5.74, 6) is 0.0905. The van der Waals surface area contributed by atoms with Crippen molar-refractivity contribution in [2.75, 3.05) is 11.1 Å². The second-order valence-electron chi connectivity index (χ2n) is 3.91. The number of hydrogen-bond acceptors (Lipinski definition) is 5. The molecule has 1 amide bonds. The Morgan fingerprint density at radius 1 is 1.21 bits per heavy atom. The highest BCUT2D eigenvalue weighted by molar-refractivity contribution is 6.06. The third kappa shape index (κ3) is 2.08. The number of fused-ring (bicyclic) bond motifs is 1. The maximum absolute atomic E-state index is 12.0. The van der Waals surface area contributed by atoms with Crippen LogP contribution < -0.4 is 11.1 Å². The van der Waals surface area contributed by atoms with Crippen LogP contribution in [0.25, 0.3) is 11.0 Å². The number of nitrogens with zero attached hydrogens (tertiary/aromatic N) is 3. The van der Waals surface area contributed by atoms with E-state index >= 15 is 0 Å². The quantitative estimate of drug-likeness (QED) is 0.636. The number of nitrogen functional groups attached to an aromatic ring is 1. The van der Waals surface area contributed by atoms with E-state index in [1.54, 1.807) is 30.6 Å². The Kier molecular flexibility index (Phi) is 2.57. The van der Waals surface area contributed by atoms with E-state index in [9.17, 15) is 4.79 Å². The van der Waals surface area contributed by atoms with Gasteiger partial charge in [0.25, 0.3) is 5.91 Å². The molecule has 7 nitrogen and oxygen atoms in total. The van der Waals surface area contributed by atoms with E-state index in [4.69, 9.17) is 5.73 Å². The number of carbonyl (C=O) groups is 1. The second kappa shape index (κ2) is 4.37. The van der Waals surface area contributed by atoms with Crippen molar-refractivity contribution < 1.29 is 4.79 Å². The van der Waals surface area contributed by atoms with Crippen molar-refractivity contribution in [2.24, 2.45) is 0 Å². The lowest BCUT2D eigenvalue weighted by Crippen LogP contribution is -2.13. The SMILES string of the molecule is Nc1cn[nH]c1NC(=O)c1ccc2nccnc2c1. The summed E-state index contributed by atoms with van der Waals surface area (Å²) >= 11 is 0. The van der Waals surface area contributed by atoms with Gasteiger partial charge in [0.05, 0.1) is 22.9 Å². The summed E-state index contributed by atoms with van der Waals surface area (Å²) in [6.07, 6.45) is 4.62. The average molecular weight is 254 g/mol. The third-order valence-corrected chi connectivity index (χ3v) is 2.64. The maximum atomic E-state index is 12.0. The maximum Gasteiger partial charge on any atom is 0.256 e. The number of H-pyrrole nitrogens is 1. The number of amides is 1. The van der Waals surface area contributed by atoms with Gasteiger partial charge in [0.1, 0.15) is 0 Å². The molecule has 0 bridgehead atoms. The number of aromatic amines is 1. The van der Waals surface area contributed by atoms with Gasteiger partial charge in [-0.2, -0.15) is 5.10 Å². The lowest BCUT2D eigenvalue weighted by Gasteiger charge is -2.04. The summed E-state index contributed by atoms with van der Waals surface area (Å²) < 4.78 is 0. The van der Waals surface area contributed by atoms with Gasteiger partial charge in [0.2, 0.25) is 0 Å². The van der Waals surface area contributed by atoms with Crippen LogP contribution in [-0.2, 0) is 0 Å². The molecule has 0 radical (unpaired) electrons. The first-order valence-corrected chi connectivity index (χ1v) is 5.55. The van der Waals surface area contributed by atoms with Gasteiger partial charge < -0.3 is 11.1 Å². The first-order valence-electron chi connectivity index (χ1n) is 5.55. The minimum absolute atomic E-state index is 0.288. The number of nitrogens with one attached hydrogen (secondary N) is 2. The Bertz CT molecular complexity index is 751. The highest BCUT2D eigenvalue weighted by atomic mass is 16.1. The van der Waals surface area contributed by atoms with Crippen molar-refractivity contribution in [2.45, 2.75) is 0 Å². The lowest BCUT2D eigenvalue weighted by molar-refractivity contribution is 0.102. The molecule has 0 spiro atoms. The molecule has 0 saturated carbocycles. The summed E-state index contributed by atoms with van der Waals surface area (Å²) in [5.41, 5.74) is 7.88. The minimum atomic E-state index is -0.288. The van der Waals surface area contributed by atoms with Crippen LogP contribution in [-0.4, -0.2) is 26.1 Å². The zero-order valence-corrected chi connectivity index (χ0v) is 9.79. The van der Waals surface area contributed by atoms with E-state index in [0.717, 1.165) is 5.52 Å². The number of nitrogens with two attached hydrogens (primary N) is 1. The molecular formula is C12H10N6O. The van der Waals surface area contributed by atoms with Crippen LogP contribution in [0.3, 0.4) is 0 Å². The van der Waals surface area contributed by atoms with Gasteiger partial charge in [-0.1, -0.05) is 0 Å². The average Bonchev–Trinajstić information content (AvgIpc) is 2.84. The fraction of sp³-hybridized carbons (Fsp3) is 0. The number of benzene rings is 1. The molecule has 19 heavy (non-hydrogen) atoms. The van der Waals surface area contributed by atoms with Gasteiger partial charge >= 0.3 is 0 Å². The predicted molar refractivity (Wildman–Crippen MR) is 70.5 cm³/mol. The molecule has 3 rings (SSSR count). The summed E-state index contributed by atoms with van der Waals surface area (Å²) in [6.45, 7) is 0. The third-order valence-electron chi connectivity index (χ3n) is 2.64. The Hall–Kier alpha value is -2.96. The minimum Gasteiger partial charge on any atom is -0.394 e. The van der Waals surface area contributed by atoms with Crippen LogP contribution in [0, 0.1) is 0 Å². The Labute approximate surface area is 107 Å². The van der Waals surface area contributed by atoms with Gasteiger partial charge in [0, 0.05) is 18.0 Å². The van der Waals surface area contributed by atoms with Gasteiger partial charge in [-0.25, -0.2) is 0 Å². The fourth-order valence-electron chi connectivity index (χ4n) is 1.69. The number of hydrogen-bond donors (Lipinski definition) is 3. The summed E-state index contributed by atoms with van der Waals surface area (Å²) in [5, 5.41) is 8.98. The summed E-state index contributed by atoms with van der Waals surface area (Å²) in [6, 6.07) is 5.09. The summed E-state index contributed by atoms with van der Waals surface area (Å²) in [7, 11) is 0. The monoisotopic (exact) mass is 254 g/mol. The number of rotatable bonds is 2. The molecule has 4 N–H and O–H groups in total. The van der Waals surface area contributed by atoms with E-state index in [2.05, 4.69) is 25.5 Å². The van der Waals surface area contributed by atoms with Crippen molar-refractivity contribution in [1.29, 1.82) is 0 Å². The van der Waals surface area contributed by atoms with Crippen LogP contribution in [0.5, 0.6) is 0 Å². The van der Waals surface area contributed by atoms with Crippen LogP contribution in [0.2, 0.25) is 0 Å². The molecule has 2 aromatic heterocycles. The molecular weight excluding hydrogens is 244 g/mol. The highest BCUT2D eigenvalue weighted by Crippen LogP contribution is 2.16. The topological polar surface area (TPSA) is 110 Å². The zero-order valence-electron chi connectivity index (χ0n) is 9.79. The van der Waals surface area contributed by atoms with Gasteiger partial charge in [0.15, 0.2) is 5.82 Å². The molecule has 2 heterocycles. The predicted octanol–water partition coefficient (Wildman–Crippen LogP) is 1.19. The van der Waals surface area contributed by atoms with Crippen molar-refractivity contribution in [1.82, 2.24) is 20.2 Å². The number of anilines is 2. The van der Waals surface area contributed by atoms with Crippen molar-refractivity contribution in [3.05, 3.63) is 42.4 Å². The fourth-order valence-corrected chi connectivity index (χ4v) is 1.69. The van der Waals surface area contributed by atoms with Gasteiger partial charge in [-0.15, -0.1) is 0 Å². The molecule has 0 aliphatic heterocycles. The molecule has 0 aliphatic carbocycles.